The van der Waals surface area contributed by atoms with Gasteiger partial charge in [-0.2, -0.15) is 0 Å². The molecule has 2 fully saturated rings. The van der Waals surface area contributed by atoms with Gasteiger partial charge in [0.15, 0.2) is 0 Å². The van der Waals surface area contributed by atoms with Crippen molar-refractivity contribution in [1.29, 1.82) is 0 Å². The van der Waals surface area contributed by atoms with E-state index in [1.807, 2.05) is 0 Å². The minimum Gasteiger partial charge on any atom is -0.436 e. The molecule has 1 saturated carbocycles. The van der Waals surface area contributed by atoms with Gasteiger partial charge in [-0.05, 0) is 55.3 Å². The number of cyclic esters (lactones) is 1. The average Bonchev–Trinajstić information content (AvgIpc) is 2.80. The largest absolute Gasteiger partial charge is 0.436 e. The molecule has 0 bridgehead atoms. The summed E-state index contributed by atoms with van der Waals surface area (Å²) in [7, 11) is 0. The van der Waals surface area contributed by atoms with E-state index >= 15 is 0 Å². The standard InChI is InChI=1S/C20H32O4/c1-12-6-7-16-19(2,3)8-5-9-20(16,4)14(12)11-15(21)13-10-17(22)24-18(13)23/h6,13-16,18,21,23H,5,7-11H2,1-4H3/t13?,14-,15-,16-,18?,20+/m1/s1. The second-order valence-corrected chi connectivity index (χ2v) is 9.19. The molecule has 2 aliphatic carbocycles. The van der Waals surface area contributed by atoms with Gasteiger partial charge in [-0.3, -0.25) is 4.79 Å². The lowest BCUT2D eigenvalue weighted by molar-refractivity contribution is -0.159. The molecule has 3 rings (SSSR count). The maximum absolute atomic E-state index is 11.4. The van der Waals surface area contributed by atoms with Crippen molar-refractivity contribution >= 4 is 5.97 Å². The van der Waals surface area contributed by atoms with Crippen LogP contribution in [0.1, 0.15) is 66.2 Å². The van der Waals surface area contributed by atoms with Gasteiger partial charge in [0, 0.05) is 0 Å². The van der Waals surface area contributed by atoms with Gasteiger partial charge >= 0.3 is 5.97 Å². The zero-order valence-electron chi connectivity index (χ0n) is 15.4. The van der Waals surface area contributed by atoms with Crippen molar-refractivity contribution in [2.75, 3.05) is 0 Å². The number of allylic oxidation sites excluding steroid dienone is 2. The van der Waals surface area contributed by atoms with Crippen molar-refractivity contribution in [1.82, 2.24) is 0 Å². The third-order valence-corrected chi connectivity index (χ3v) is 7.29. The Morgan fingerprint density at radius 2 is 2.04 bits per heavy atom. The molecule has 24 heavy (non-hydrogen) atoms. The highest BCUT2D eigenvalue weighted by Gasteiger charge is 2.52. The van der Waals surface area contributed by atoms with Crippen molar-refractivity contribution in [3.63, 3.8) is 0 Å². The molecule has 2 unspecified atom stereocenters. The lowest BCUT2D eigenvalue weighted by atomic mass is 9.48. The summed E-state index contributed by atoms with van der Waals surface area (Å²) in [5, 5.41) is 20.6. The molecule has 0 amide bonds. The SMILES string of the molecule is CC1=CC[C@@H]2C(C)(C)CCC[C@@]2(C)[C@@H]1C[C@@H](O)C1CC(=O)OC1O. The highest BCUT2D eigenvalue weighted by atomic mass is 16.6. The maximum atomic E-state index is 11.4. The monoisotopic (exact) mass is 336 g/mol. The zero-order chi connectivity index (χ0) is 17.7. The van der Waals surface area contributed by atoms with Gasteiger partial charge in [-0.1, -0.05) is 38.8 Å². The Labute approximate surface area is 145 Å². The number of aliphatic hydroxyl groups is 2. The van der Waals surface area contributed by atoms with Crippen LogP contribution >= 0.6 is 0 Å². The van der Waals surface area contributed by atoms with E-state index in [-0.39, 0.29) is 11.8 Å². The zero-order valence-corrected chi connectivity index (χ0v) is 15.4. The Morgan fingerprint density at radius 1 is 1.33 bits per heavy atom. The third-order valence-electron chi connectivity index (χ3n) is 7.29. The number of carbonyl (C=O) groups is 1. The van der Waals surface area contributed by atoms with Gasteiger partial charge in [0.25, 0.3) is 0 Å². The summed E-state index contributed by atoms with van der Waals surface area (Å²) in [6.07, 6.45) is 6.00. The second-order valence-electron chi connectivity index (χ2n) is 9.19. The van der Waals surface area contributed by atoms with Crippen molar-refractivity contribution in [2.24, 2.45) is 28.6 Å². The summed E-state index contributed by atoms with van der Waals surface area (Å²) in [5.74, 6) is 0.0102. The summed E-state index contributed by atoms with van der Waals surface area (Å²) >= 11 is 0. The number of esters is 1. The Bertz CT molecular complexity index is 538. The first-order chi connectivity index (χ1) is 11.1. The molecule has 3 aliphatic rings. The Morgan fingerprint density at radius 3 is 2.67 bits per heavy atom. The lowest BCUT2D eigenvalue weighted by Gasteiger charge is -2.57. The number of rotatable bonds is 3. The van der Waals surface area contributed by atoms with Crippen LogP contribution < -0.4 is 0 Å². The van der Waals surface area contributed by atoms with Crippen LogP contribution in [0.2, 0.25) is 0 Å². The van der Waals surface area contributed by atoms with Gasteiger partial charge in [0.2, 0.25) is 6.29 Å². The molecule has 4 nitrogen and oxygen atoms in total. The molecule has 0 spiro atoms. The molecule has 6 atom stereocenters. The second kappa shape index (κ2) is 6.14. The molecule has 1 aliphatic heterocycles. The van der Waals surface area contributed by atoms with E-state index in [2.05, 4.69) is 33.8 Å². The van der Waals surface area contributed by atoms with Crippen molar-refractivity contribution < 1.29 is 19.7 Å². The fraction of sp³-hybridized carbons (Fsp3) is 0.850. The minimum atomic E-state index is -1.16. The van der Waals surface area contributed by atoms with Crippen LogP contribution in [0.15, 0.2) is 11.6 Å². The van der Waals surface area contributed by atoms with E-state index in [1.165, 1.54) is 24.8 Å². The first-order valence-electron chi connectivity index (χ1n) is 9.37. The molecule has 2 N–H and O–H groups in total. The normalized spacial score (nSPS) is 42.9. The van der Waals surface area contributed by atoms with Gasteiger partial charge in [0.1, 0.15) is 0 Å². The molecule has 1 saturated heterocycles. The Kier molecular flexibility index (Phi) is 4.59. The molecular formula is C20H32O4. The highest BCUT2D eigenvalue weighted by molar-refractivity contribution is 5.71. The van der Waals surface area contributed by atoms with Gasteiger partial charge in [-0.15, -0.1) is 0 Å². The molecule has 136 valence electrons. The summed E-state index contributed by atoms with van der Waals surface area (Å²) in [5.41, 5.74) is 1.85. The average molecular weight is 336 g/mol. The van der Waals surface area contributed by atoms with Crippen LogP contribution in [-0.2, 0) is 9.53 Å². The van der Waals surface area contributed by atoms with Crippen molar-refractivity contribution in [3.05, 3.63) is 11.6 Å². The smallest absolute Gasteiger partial charge is 0.308 e. The molecule has 0 aromatic heterocycles. The lowest BCUT2D eigenvalue weighted by Crippen LogP contribution is -2.49. The summed E-state index contributed by atoms with van der Waals surface area (Å²) < 4.78 is 4.82. The number of ether oxygens (including phenoxy) is 1. The molecule has 0 aromatic rings. The summed E-state index contributed by atoms with van der Waals surface area (Å²) in [6.45, 7) is 9.32. The molecule has 4 heteroatoms. The van der Waals surface area contributed by atoms with Gasteiger partial charge < -0.3 is 14.9 Å². The third kappa shape index (κ3) is 2.92. The number of aliphatic hydroxyl groups excluding tert-OH is 2. The van der Waals surface area contributed by atoms with E-state index < -0.39 is 24.3 Å². The fourth-order valence-electron chi connectivity index (χ4n) is 5.90. The van der Waals surface area contributed by atoms with Crippen LogP contribution in [0.3, 0.4) is 0 Å². The van der Waals surface area contributed by atoms with E-state index in [9.17, 15) is 15.0 Å². The van der Waals surface area contributed by atoms with E-state index in [1.54, 1.807) is 0 Å². The number of carbonyl (C=O) groups excluding carboxylic acids is 1. The molecular weight excluding hydrogens is 304 g/mol. The quantitative estimate of drug-likeness (QED) is 0.612. The van der Waals surface area contributed by atoms with Crippen LogP contribution in [0.25, 0.3) is 0 Å². The molecule has 0 aromatic carbocycles. The first-order valence-corrected chi connectivity index (χ1v) is 9.37. The van der Waals surface area contributed by atoms with Crippen LogP contribution in [0.4, 0.5) is 0 Å². The minimum absolute atomic E-state index is 0.115. The van der Waals surface area contributed by atoms with Crippen LogP contribution in [0, 0.1) is 28.6 Å². The van der Waals surface area contributed by atoms with E-state index in [0.717, 1.165) is 6.42 Å². The predicted molar refractivity (Wildman–Crippen MR) is 91.9 cm³/mol. The number of hydrogen-bond acceptors (Lipinski definition) is 4. The summed E-state index contributed by atoms with van der Waals surface area (Å²) in [6, 6.07) is 0. The van der Waals surface area contributed by atoms with Gasteiger partial charge in [-0.25, -0.2) is 0 Å². The molecule has 0 radical (unpaired) electrons. The Hall–Kier alpha value is -0.870. The van der Waals surface area contributed by atoms with Crippen molar-refractivity contribution in [2.45, 2.75) is 78.6 Å². The first kappa shape index (κ1) is 17.9. The van der Waals surface area contributed by atoms with Crippen molar-refractivity contribution in [3.8, 4) is 0 Å². The van der Waals surface area contributed by atoms with Crippen LogP contribution in [0.5, 0.6) is 0 Å². The molecule has 1 heterocycles. The predicted octanol–water partition coefficient (Wildman–Crippen LogP) is 3.42. The van der Waals surface area contributed by atoms with E-state index in [4.69, 9.17) is 4.74 Å². The fourth-order valence-corrected chi connectivity index (χ4v) is 5.90. The summed E-state index contributed by atoms with van der Waals surface area (Å²) in [4.78, 5) is 11.4. The van der Waals surface area contributed by atoms with E-state index in [0.29, 0.717) is 23.7 Å². The maximum Gasteiger partial charge on any atom is 0.308 e. The Balaban J connectivity index is 1.82. The number of hydrogen-bond donors (Lipinski definition) is 2. The highest BCUT2D eigenvalue weighted by Crippen LogP contribution is 2.60. The topological polar surface area (TPSA) is 66.8 Å². The van der Waals surface area contributed by atoms with Gasteiger partial charge in [0.05, 0.1) is 18.4 Å². The number of fused-ring (bicyclic) bond motifs is 1. The van der Waals surface area contributed by atoms with Crippen LogP contribution in [-0.4, -0.2) is 28.6 Å².